The van der Waals surface area contributed by atoms with Crippen molar-refractivity contribution in [2.75, 3.05) is 7.05 Å². The minimum atomic E-state index is 0.685. The summed E-state index contributed by atoms with van der Waals surface area (Å²) in [6.45, 7) is 10.6. The molecule has 1 nitrogen and oxygen atoms in total. The molecular weight excluding hydrogens is 145 g/mol. The first-order valence-electron chi connectivity index (χ1n) is 5.15. The van der Waals surface area contributed by atoms with Gasteiger partial charge in [-0.15, -0.1) is 0 Å². The van der Waals surface area contributed by atoms with E-state index in [1.54, 1.807) is 0 Å². The van der Waals surface area contributed by atoms with Crippen LogP contribution in [0.25, 0.3) is 0 Å². The normalized spacial score (nSPS) is 11.9. The fourth-order valence-electron chi connectivity index (χ4n) is 1.19. The molecule has 1 N–H and O–H groups in total. The van der Waals surface area contributed by atoms with Gasteiger partial charge in [0.05, 0.1) is 0 Å². The van der Waals surface area contributed by atoms with Crippen molar-refractivity contribution in [2.45, 2.75) is 53.3 Å². The van der Waals surface area contributed by atoms with E-state index >= 15 is 0 Å². The van der Waals surface area contributed by atoms with Crippen LogP contribution in [-0.2, 0) is 0 Å². The second kappa shape index (κ2) is 11.0. The molecule has 0 aliphatic carbocycles. The van der Waals surface area contributed by atoms with Gasteiger partial charge in [-0.05, 0) is 25.4 Å². The Kier molecular flexibility index (Phi) is 13.4. The van der Waals surface area contributed by atoms with Gasteiger partial charge in [0.25, 0.3) is 0 Å². The van der Waals surface area contributed by atoms with Crippen LogP contribution >= 0.6 is 0 Å². The molecule has 0 bridgehead atoms. The Morgan fingerprint density at radius 2 is 1.75 bits per heavy atom. The van der Waals surface area contributed by atoms with Crippen LogP contribution < -0.4 is 5.32 Å². The Labute approximate surface area is 79.6 Å². The maximum atomic E-state index is 3.30. The third-order valence-corrected chi connectivity index (χ3v) is 1.68. The lowest BCUT2D eigenvalue weighted by molar-refractivity contribution is 0.468. The minimum Gasteiger partial charge on any atom is -0.318 e. The van der Waals surface area contributed by atoms with E-state index in [2.05, 4.69) is 33.3 Å². The van der Waals surface area contributed by atoms with Crippen molar-refractivity contribution in [1.82, 2.24) is 5.32 Å². The molecule has 1 atom stereocenters. The minimum absolute atomic E-state index is 0.685. The Balaban J connectivity index is 0. The number of hydrogen-bond acceptors (Lipinski definition) is 1. The van der Waals surface area contributed by atoms with Crippen LogP contribution in [0.1, 0.15) is 34.1 Å². The summed E-state index contributed by atoms with van der Waals surface area (Å²) in [6, 6.07) is 0.685. The van der Waals surface area contributed by atoms with Crippen molar-refractivity contribution in [1.29, 1.82) is 0 Å². The molecule has 0 aromatic rings. The van der Waals surface area contributed by atoms with Gasteiger partial charge in [0.1, 0.15) is 7.28 Å². The van der Waals surface area contributed by atoms with Gasteiger partial charge in [-0.2, -0.15) is 0 Å². The highest BCUT2D eigenvalue weighted by Crippen LogP contribution is 2.06. The van der Waals surface area contributed by atoms with Crippen molar-refractivity contribution >= 4 is 7.28 Å². The molecular formula is C10H25BN. The molecule has 0 amide bonds. The smallest absolute Gasteiger partial charge is 0.107 e. The average Bonchev–Trinajstić information content (AvgIpc) is 2.07. The van der Waals surface area contributed by atoms with Gasteiger partial charge < -0.3 is 5.32 Å². The molecule has 2 heteroatoms. The lowest BCUT2D eigenvalue weighted by Gasteiger charge is -2.16. The Morgan fingerprint density at radius 1 is 1.25 bits per heavy atom. The first-order chi connectivity index (χ1) is 5.70. The molecule has 0 saturated carbocycles. The summed E-state index contributed by atoms with van der Waals surface area (Å²) >= 11 is 0. The Morgan fingerprint density at radius 3 is 2.00 bits per heavy atom. The molecule has 0 fully saturated rings. The van der Waals surface area contributed by atoms with Crippen molar-refractivity contribution in [3.8, 4) is 0 Å². The van der Waals surface area contributed by atoms with Crippen LogP contribution in [0.5, 0.6) is 0 Å². The predicted molar refractivity (Wildman–Crippen MR) is 60.1 cm³/mol. The van der Waals surface area contributed by atoms with Crippen LogP contribution in [0.4, 0.5) is 0 Å². The van der Waals surface area contributed by atoms with Crippen molar-refractivity contribution in [2.24, 2.45) is 5.92 Å². The summed E-state index contributed by atoms with van der Waals surface area (Å²) in [4.78, 5) is 0. The lowest BCUT2D eigenvalue weighted by atomic mass is 9.73. The first kappa shape index (κ1) is 14.5. The van der Waals surface area contributed by atoms with Crippen LogP contribution in [0, 0.1) is 5.92 Å². The third kappa shape index (κ3) is 10.0. The van der Waals surface area contributed by atoms with Crippen LogP contribution in [-0.4, -0.2) is 20.4 Å². The van der Waals surface area contributed by atoms with E-state index in [0.29, 0.717) is 6.04 Å². The zero-order valence-corrected chi connectivity index (χ0v) is 9.65. The van der Waals surface area contributed by atoms with Gasteiger partial charge >= 0.3 is 0 Å². The second-order valence-electron chi connectivity index (χ2n) is 3.26. The molecule has 0 aliphatic rings. The standard InChI is InChI=1S/C8H19BN.C2H6/c1-7(2)5-8(10-4)6-9-3;1-2/h7-8,10H,5-6H2,1-4H3;1-2H3. The quantitative estimate of drug-likeness (QED) is 0.625. The van der Waals surface area contributed by atoms with Gasteiger partial charge in [-0.25, -0.2) is 0 Å². The molecule has 0 saturated heterocycles. The van der Waals surface area contributed by atoms with Crippen molar-refractivity contribution < 1.29 is 0 Å². The van der Waals surface area contributed by atoms with E-state index in [1.807, 2.05) is 20.9 Å². The highest BCUT2D eigenvalue weighted by Gasteiger charge is 2.05. The fraction of sp³-hybridized carbons (Fsp3) is 1.00. The van der Waals surface area contributed by atoms with E-state index in [1.165, 1.54) is 12.7 Å². The fourth-order valence-corrected chi connectivity index (χ4v) is 1.19. The van der Waals surface area contributed by atoms with Gasteiger partial charge in [-0.3, -0.25) is 0 Å². The molecule has 1 radical (unpaired) electrons. The molecule has 0 spiro atoms. The summed E-state index contributed by atoms with van der Waals surface area (Å²) in [5, 5.41) is 3.30. The first-order valence-corrected chi connectivity index (χ1v) is 5.15. The lowest BCUT2D eigenvalue weighted by Crippen LogP contribution is -2.27. The maximum absolute atomic E-state index is 3.30. The molecule has 0 heterocycles. The summed E-state index contributed by atoms with van der Waals surface area (Å²) < 4.78 is 0. The number of nitrogens with one attached hydrogen (secondary N) is 1. The molecule has 0 rings (SSSR count). The van der Waals surface area contributed by atoms with Gasteiger partial charge in [-0.1, -0.05) is 40.8 Å². The van der Waals surface area contributed by atoms with Gasteiger partial charge in [0, 0.05) is 0 Å². The topological polar surface area (TPSA) is 12.0 Å². The molecule has 1 unspecified atom stereocenters. The van der Waals surface area contributed by atoms with Crippen molar-refractivity contribution in [3.63, 3.8) is 0 Å². The molecule has 73 valence electrons. The van der Waals surface area contributed by atoms with E-state index in [9.17, 15) is 0 Å². The van der Waals surface area contributed by atoms with E-state index < -0.39 is 0 Å². The summed E-state index contributed by atoms with van der Waals surface area (Å²) in [7, 11) is 4.26. The number of hydrogen-bond donors (Lipinski definition) is 1. The highest BCUT2D eigenvalue weighted by molar-refractivity contribution is 6.33. The predicted octanol–water partition coefficient (Wildman–Crippen LogP) is 2.82. The zero-order valence-electron chi connectivity index (χ0n) is 9.65. The van der Waals surface area contributed by atoms with E-state index in [0.717, 1.165) is 5.92 Å². The average molecular weight is 170 g/mol. The SMILES string of the molecule is CC.C[B]CC(CC(C)C)NC. The monoisotopic (exact) mass is 170 g/mol. The van der Waals surface area contributed by atoms with Gasteiger partial charge in [0.2, 0.25) is 0 Å². The van der Waals surface area contributed by atoms with E-state index in [4.69, 9.17) is 0 Å². The van der Waals surface area contributed by atoms with Crippen LogP contribution in [0.3, 0.4) is 0 Å². The van der Waals surface area contributed by atoms with E-state index in [-0.39, 0.29) is 0 Å². The largest absolute Gasteiger partial charge is 0.318 e. The Hall–Kier alpha value is 0.0249. The molecule has 0 aliphatic heterocycles. The van der Waals surface area contributed by atoms with Gasteiger partial charge in [0.15, 0.2) is 0 Å². The van der Waals surface area contributed by atoms with Crippen molar-refractivity contribution in [3.05, 3.63) is 0 Å². The molecule has 12 heavy (non-hydrogen) atoms. The third-order valence-electron chi connectivity index (χ3n) is 1.68. The van der Waals surface area contributed by atoms with Crippen LogP contribution in [0.2, 0.25) is 13.1 Å². The molecule has 0 aromatic carbocycles. The summed E-state index contributed by atoms with van der Waals surface area (Å²) in [5.74, 6) is 0.803. The zero-order chi connectivity index (χ0) is 9.98. The van der Waals surface area contributed by atoms with Crippen LogP contribution in [0.15, 0.2) is 0 Å². The summed E-state index contributed by atoms with van der Waals surface area (Å²) in [6.07, 6.45) is 2.47. The highest BCUT2D eigenvalue weighted by atomic mass is 14.9. The molecule has 0 aromatic heterocycles. The Bertz CT molecular complexity index is 74.2. The second-order valence-corrected chi connectivity index (χ2v) is 3.26. The number of rotatable bonds is 5. The summed E-state index contributed by atoms with van der Waals surface area (Å²) in [5.41, 5.74) is 0. The maximum Gasteiger partial charge on any atom is 0.107 e.